The van der Waals surface area contributed by atoms with E-state index in [9.17, 15) is 4.79 Å². The minimum atomic E-state index is 0.140. The van der Waals surface area contributed by atoms with Gasteiger partial charge in [-0.05, 0) is 43.9 Å². The number of carbonyl (C=O) groups is 1. The molecule has 0 spiro atoms. The van der Waals surface area contributed by atoms with Crippen molar-refractivity contribution in [2.45, 2.75) is 34.1 Å². The normalized spacial score (nSPS) is 11.6. The summed E-state index contributed by atoms with van der Waals surface area (Å²) in [6.45, 7) is 7.82. The van der Waals surface area contributed by atoms with Gasteiger partial charge in [0.15, 0.2) is 5.78 Å². The molecule has 0 aliphatic carbocycles. The molecule has 0 heterocycles. The molecule has 1 aromatic rings. The lowest BCUT2D eigenvalue weighted by Crippen LogP contribution is -2.01. The van der Waals surface area contributed by atoms with Crippen molar-refractivity contribution in [2.24, 2.45) is 0 Å². The molecular formula is C14H18O. The van der Waals surface area contributed by atoms with Gasteiger partial charge in [0, 0.05) is 5.56 Å². The first-order chi connectivity index (χ1) is 7.11. The highest BCUT2D eigenvalue weighted by atomic mass is 16.1. The SMILES string of the molecule is C/C=C(/CC)c1c(C)cccc1C(C)=O. The fourth-order valence-electron chi connectivity index (χ4n) is 1.91. The average Bonchev–Trinajstić information content (AvgIpc) is 2.21. The third-order valence-corrected chi connectivity index (χ3v) is 2.70. The van der Waals surface area contributed by atoms with Crippen LogP contribution >= 0.6 is 0 Å². The summed E-state index contributed by atoms with van der Waals surface area (Å²) in [4.78, 5) is 11.5. The number of Topliss-reactive ketones (excluding diaryl/α,β-unsaturated/α-hetero) is 1. The highest BCUT2D eigenvalue weighted by Gasteiger charge is 2.11. The average molecular weight is 202 g/mol. The van der Waals surface area contributed by atoms with E-state index in [1.165, 1.54) is 11.1 Å². The zero-order chi connectivity index (χ0) is 11.4. The lowest BCUT2D eigenvalue weighted by Gasteiger charge is -2.12. The molecular weight excluding hydrogens is 184 g/mol. The van der Waals surface area contributed by atoms with E-state index < -0.39 is 0 Å². The summed E-state index contributed by atoms with van der Waals surface area (Å²) in [7, 11) is 0. The van der Waals surface area contributed by atoms with E-state index in [0.717, 1.165) is 17.5 Å². The molecule has 1 nitrogen and oxygen atoms in total. The Morgan fingerprint density at radius 3 is 2.53 bits per heavy atom. The maximum atomic E-state index is 11.5. The topological polar surface area (TPSA) is 17.1 Å². The zero-order valence-electron chi connectivity index (χ0n) is 9.92. The van der Waals surface area contributed by atoms with Crippen molar-refractivity contribution in [2.75, 3.05) is 0 Å². The Hall–Kier alpha value is -1.37. The van der Waals surface area contributed by atoms with Gasteiger partial charge in [-0.1, -0.05) is 31.2 Å². The highest BCUT2D eigenvalue weighted by molar-refractivity contribution is 5.99. The van der Waals surface area contributed by atoms with Crippen molar-refractivity contribution in [1.82, 2.24) is 0 Å². The quantitative estimate of drug-likeness (QED) is 0.677. The van der Waals surface area contributed by atoms with Crippen LogP contribution in [0.3, 0.4) is 0 Å². The number of aryl methyl sites for hydroxylation is 1. The number of hydrogen-bond acceptors (Lipinski definition) is 1. The minimum Gasteiger partial charge on any atom is -0.294 e. The van der Waals surface area contributed by atoms with E-state index in [1.807, 2.05) is 19.1 Å². The van der Waals surface area contributed by atoms with Crippen molar-refractivity contribution >= 4 is 11.4 Å². The molecule has 0 bridgehead atoms. The third kappa shape index (κ3) is 2.35. The van der Waals surface area contributed by atoms with Gasteiger partial charge in [-0.3, -0.25) is 4.79 Å². The van der Waals surface area contributed by atoms with E-state index in [2.05, 4.69) is 26.0 Å². The maximum Gasteiger partial charge on any atom is 0.160 e. The van der Waals surface area contributed by atoms with E-state index in [4.69, 9.17) is 0 Å². The molecule has 0 saturated carbocycles. The number of rotatable bonds is 3. The molecule has 0 fully saturated rings. The summed E-state index contributed by atoms with van der Waals surface area (Å²) in [6.07, 6.45) is 3.05. The molecule has 0 radical (unpaired) electrons. The van der Waals surface area contributed by atoms with Crippen LogP contribution in [0.1, 0.15) is 48.7 Å². The molecule has 80 valence electrons. The predicted molar refractivity (Wildman–Crippen MR) is 65.1 cm³/mol. The van der Waals surface area contributed by atoms with Crippen molar-refractivity contribution in [3.63, 3.8) is 0 Å². The lowest BCUT2D eigenvalue weighted by molar-refractivity contribution is 0.101. The van der Waals surface area contributed by atoms with Gasteiger partial charge in [0.25, 0.3) is 0 Å². The van der Waals surface area contributed by atoms with Crippen molar-refractivity contribution in [3.05, 3.63) is 41.0 Å². The first kappa shape index (κ1) is 11.7. The number of allylic oxidation sites excluding steroid dienone is 2. The van der Waals surface area contributed by atoms with Gasteiger partial charge >= 0.3 is 0 Å². The van der Waals surface area contributed by atoms with E-state index in [1.54, 1.807) is 6.92 Å². The van der Waals surface area contributed by atoms with Crippen LogP contribution in [0.15, 0.2) is 24.3 Å². The van der Waals surface area contributed by atoms with E-state index >= 15 is 0 Å². The molecule has 0 amide bonds. The fourth-order valence-corrected chi connectivity index (χ4v) is 1.91. The van der Waals surface area contributed by atoms with Gasteiger partial charge in [0.05, 0.1) is 0 Å². The molecule has 0 atom stereocenters. The first-order valence-corrected chi connectivity index (χ1v) is 5.37. The molecule has 0 aliphatic heterocycles. The Kier molecular flexibility index (Phi) is 3.84. The Bertz CT molecular complexity index is 400. The van der Waals surface area contributed by atoms with Gasteiger partial charge in [0.1, 0.15) is 0 Å². The van der Waals surface area contributed by atoms with Gasteiger partial charge in [-0.25, -0.2) is 0 Å². The van der Waals surface area contributed by atoms with Crippen LogP contribution in [0.2, 0.25) is 0 Å². The Morgan fingerprint density at radius 2 is 2.07 bits per heavy atom. The van der Waals surface area contributed by atoms with Gasteiger partial charge < -0.3 is 0 Å². The van der Waals surface area contributed by atoms with Gasteiger partial charge in [-0.15, -0.1) is 0 Å². The van der Waals surface area contributed by atoms with Crippen LogP contribution in [0.5, 0.6) is 0 Å². The molecule has 0 saturated heterocycles. The van der Waals surface area contributed by atoms with Crippen LogP contribution in [-0.4, -0.2) is 5.78 Å². The number of ketones is 1. The second kappa shape index (κ2) is 4.92. The molecule has 0 N–H and O–H groups in total. The predicted octanol–water partition coefficient (Wildman–Crippen LogP) is 4.01. The summed E-state index contributed by atoms with van der Waals surface area (Å²) >= 11 is 0. The van der Waals surface area contributed by atoms with Crippen LogP contribution in [0, 0.1) is 6.92 Å². The van der Waals surface area contributed by atoms with Crippen molar-refractivity contribution in [3.8, 4) is 0 Å². The Labute approximate surface area is 91.8 Å². The smallest absolute Gasteiger partial charge is 0.160 e. The van der Waals surface area contributed by atoms with Crippen molar-refractivity contribution in [1.29, 1.82) is 0 Å². The standard InChI is InChI=1S/C14H18O/c1-5-12(6-2)14-10(3)8-7-9-13(14)11(4)15/h5,7-9H,6H2,1-4H3/b12-5-. The molecule has 15 heavy (non-hydrogen) atoms. The highest BCUT2D eigenvalue weighted by Crippen LogP contribution is 2.26. The third-order valence-electron chi connectivity index (χ3n) is 2.70. The summed E-state index contributed by atoms with van der Waals surface area (Å²) < 4.78 is 0. The van der Waals surface area contributed by atoms with Crippen LogP contribution in [-0.2, 0) is 0 Å². The Morgan fingerprint density at radius 1 is 1.40 bits per heavy atom. The van der Waals surface area contributed by atoms with Crippen LogP contribution in [0.4, 0.5) is 0 Å². The van der Waals surface area contributed by atoms with E-state index in [0.29, 0.717) is 0 Å². The maximum absolute atomic E-state index is 11.5. The summed E-state index contributed by atoms with van der Waals surface area (Å²) in [6, 6.07) is 5.91. The summed E-state index contributed by atoms with van der Waals surface area (Å²) in [5.74, 6) is 0.140. The molecule has 1 rings (SSSR count). The molecule has 0 aromatic heterocycles. The lowest BCUT2D eigenvalue weighted by atomic mass is 9.91. The van der Waals surface area contributed by atoms with Gasteiger partial charge in [0.2, 0.25) is 0 Å². The molecule has 1 heteroatoms. The largest absolute Gasteiger partial charge is 0.294 e. The first-order valence-electron chi connectivity index (χ1n) is 5.37. The van der Waals surface area contributed by atoms with Crippen molar-refractivity contribution < 1.29 is 4.79 Å². The molecule has 0 unspecified atom stereocenters. The molecule has 1 aromatic carbocycles. The monoisotopic (exact) mass is 202 g/mol. The number of hydrogen-bond donors (Lipinski definition) is 0. The van der Waals surface area contributed by atoms with E-state index in [-0.39, 0.29) is 5.78 Å². The number of carbonyl (C=O) groups excluding carboxylic acids is 1. The summed E-state index contributed by atoms with van der Waals surface area (Å²) in [5, 5.41) is 0. The van der Waals surface area contributed by atoms with Crippen LogP contribution in [0.25, 0.3) is 5.57 Å². The minimum absolute atomic E-state index is 0.140. The second-order valence-electron chi connectivity index (χ2n) is 3.72. The second-order valence-corrected chi connectivity index (χ2v) is 3.72. The summed E-state index contributed by atoms with van der Waals surface area (Å²) in [5.41, 5.74) is 4.39. The Balaban J connectivity index is 3.43. The molecule has 0 aliphatic rings. The zero-order valence-corrected chi connectivity index (χ0v) is 9.92. The van der Waals surface area contributed by atoms with Gasteiger partial charge in [-0.2, -0.15) is 0 Å². The van der Waals surface area contributed by atoms with Crippen LogP contribution < -0.4 is 0 Å². The number of benzene rings is 1. The fraction of sp³-hybridized carbons (Fsp3) is 0.357.